The molecule has 5 rings (SSSR count). The normalized spacial score (nSPS) is 10.9. The smallest absolute Gasteiger partial charge is 0.339 e. The van der Waals surface area contributed by atoms with Crippen molar-refractivity contribution in [3.8, 4) is 11.3 Å². The number of esters is 1. The van der Waals surface area contributed by atoms with E-state index in [0.29, 0.717) is 27.7 Å². The Hall–Kier alpha value is -4.51. The predicted octanol–water partition coefficient (Wildman–Crippen LogP) is 6.47. The second-order valence-corrected chi connectivity index (χ2v) is 8.49. The third-order valence-corrected chi connectivity index (χ3v) is 6.06. The fourth-order valence-electron chi connectivity index (χ4n) is 4.29. The second kappa shape index (κ2) is 9.39. The van der Waals surface area contributed by atoms with Gasteiger partial charge in [0, 0.05) is 22.0 Å². The third kappa shape index (κ3) is 4.49. The molecule has 172 valence electrons. The molecule has 0 bridgehead atoms. The van der Waals surface area contributed by atoms with Gasteiger partial charge in [-0.15, -0.1) is 0 Å². The third-order valence-electron chi connectivity index (χ3n) is 6.06. The summed E-state index contributed by atoms with van der Waals surface area (Å²) in [6.45, 7) is 3.50. The summed E-state index contributed by atoms with van der Waals surface area (Å²) in [5.41, 5.74) is 5.29. The summed E-state index contributed by atoms with van der Waals surface area (Å²) in [4.78, 5) is 30.7. The number of amides is 1. The lowest BCUT2D eigenvalue weighted by Crippen LogP contribution is -2.21. The van der Waals surface area contributed by atoms with E-state index in [4.69, 9.17) is 9.72 Å². The number of carbonyl (C=O) groups is 2. The molecule has 4 aromatic carbocycles. The van der Waals surface area contributed by atoms with Gasteiger partial charge in [0.25, 0.3) is 5.91 Å². The molecular weight excluding hydrogens is 436 g/mol. The number of pyridine rings is 1. The second-order valence-electron chi connectivity index (χ2n) is 8.49. The minimum atomic E-state index is -0.553. The summed E-state index contributed by atoms with van der Waals surface area (Å²) in [6.07, 6.45) is 0. The van der Waals surface area contributed by atoms with Crippen LogP contribution in [0.2, 0.25) is 0 Å². The van der Waals surface area contributed by atoms with Crippen molar-refractivity contribution in [3.05, 3.63) is 108 Å². The number of aromatic nitrogens is 1. The van der Waals surface area contributed by atoms with Gasteiger partial charge in [0.2, 0.25) is 0 Å². The summed E-state index contributed by atoms with van der Waals surface area (Å²) in [5, 5.41) is 5.50. The molecule has 0 aliphatic carbocycles. The maximum absolute atomic E-state index is 13.3. The van der Waals surface area contributed by atoms with E-state index in [2.05, 4.69) is 5.32 Å². The molecular formula is C30H24N2O3. The number of aryl methyl sites for hydroxylation is 1. The molecule has 1 N–H and O–H groups in total. The van der Waals surface area contributed by atoms with Gasteiger partial charge in [0.05, 0.1) is 16.8 Å². The summed E-state index contributed by atoms with van der Waals surface area (Å²) < 4.78 is 5.49. The van der Waals surface area contributed by atoms with Crippen LogP contribution in [0.5, 0.6) is 0 Å². The first-order valence-corrected chi connectivity index (χ1v) is 11.4. The fraction of sp³-hybridized carbons (Fsp3) is 0.100. The standard InChI is InChI=1S/C30H24N2O3/c1-19-14-16-22(17-15-19)29-20(2)28(24-11-5-6-12-26(24)32-29)30(34)35-18-27(33)31-25-13-7-9-21-8-3-4-10-23(21)25/h3-17H,18H2,1-2H3,(H,31,33). The van der Waals surface area contributed by atoms with E-state index in [0.717, 1.165) is 27.6 Å². The highest BCUT2D eigenvalue weighted by Gasteiger charge is 2.21. The number of nitrogens with zero attached hydrogens (tertiary/aromatic N) is 1. The highest BCUT2D eigenvalue weighted by molar-refractivity contribution is 6.08. The number of carbonyl (C=O) groups excluding carboxylic acids is 2. The Morgan fingerprint density at radius 2 is 1.49 bits per heavy atom. The highest BCUT2D eigenvalue weighted by Crippen LogP contribution is 2.30. The molecule has 0 aliphatic heterocycles. The van der Waals surface area contributed by atoms with Crippen LogP contribution in [-0.4, -0.2) is 23.5 Å². The maximum Gasteiger partial charge on any atom is 0.339 e. The zero-order chi connectivity index (χ0) is 24.4. The van der Waals surface area contributed by atoms with Gasteiger partial charge in [-0.05, 0) is 36.9 Å². The van der Waals surface area contributed by atoms with Crippen LogP contribution in [0.15, 0.2) is 91.0 Å². The number of anilines is 1. The van der Waals surface area contributed by atoms with Crippen LogP contribution in [0, 0.1) is 13.8 Å². The average molecular weight is 461 g/mol. The molecule has 1 aromatic heterocycles. The van der Waals surface area contributed by atoms with Crippen molar-refractivity contribution >= 4 is 39.2 Å². The van der Waals surface area contributed by atoms with Crippen LogP contribution in [0.25, 0.3) is 32.9 Å². The van der Waals surface area contributed by atoms with Crippen LogP contribution < -0.4 is 5.32 Å². The van der Waals surface area contributed by atoms with E-state index < -0.39 is 18.5 Å². The van der Waals surface area contributed by atoms with Gasteiger partial charge in [-0.2, -0.15) is 0 Å². The predicted molar refractivity (Wildman–Crippen MR) is 140 cm³/mol. The fourth-order valence-corrected chi connectivity index (χ4v) is 4.29. The molecule has 0 saturated carbocycles. The maximum atomic E-state index is 13.3. The van der Waals surface area contributed by atoms with Crippen molar-refractivity contribution in [3.63, 3.8) is 0 Å². The van der Waals surface area contributed by atoms with E-state index in [1.54, 1.807) is 0 Å². The number of hydrogen-bond acceptors (Lipinski definition) is 4. The minimum Gasteiger partial charge on any atom is -0.452 e. The van der Waals surface area contributed by atoms with Gasteiger partial charge in [-0.1, -0.05) is 84.4 Å². The molecule has 0 unspecified atom stereocenters. The molecule has 1 amide bonds. The summed E-state index contributed by atoms with van der Waals surface area (Å²) >= 11 is 0. The van der Waals surface area contributed by atoms with Crippen molar-refractivity contribution in [1.29, 1.82) is 0 Å². The first kappa shape index (κ1) is 22.3. The van der Waals surface area contributed by atoms with Crippen molar-refractivity contribution in [2.24, 2.45) is 0 Å². The molecule has 0 radical (unpaired) electrons. The van der Waals surface area contributed by atoms with E-state index in [1.165, 1.54) is 0 Å². The largest absolute Gasteiger partial charge is 0.452 e. The molecule has 5 nitrogen and oxygen atoms in total. The highest BCUT2D eigenvalue weighted by atomic mass is 16.5. The van der Waals surface area contributed by atoms with Crippen molar-refractivity contribution < 1.29 is 14.3 Å². The van der Waals surface area contributed by atoms with Crippen LogP contribution in [-0.2, 0) is 9.53 Å². The van der Waals surface area contributed by atoms with Crippen molar-refractivity contribution in [1.82, 2.24) is 4.98 Å². The number of hydrogen-bond donors (Lipinski definition) is 1. The van der Waals surface area contributed by atoms with Crippen LogP contribution in [0.4, 0.5) is 5.69 Å². The quantitative estimate of drug-likeness (QED) is 0.305. The number of fused-ring (bicyclic) bond motifs is 2. The molecule has 5 heteroatoms. The summed E-state index contributed by atoms with van der Waals surface area (Å²) in [5.74, 6) is -0.952. The number of benzene rings is 4. The van der Waals surface area contributed by atoms with Gasteiger partial charge < -0.3 is 10.1 Å². The van der Waals surface area contributed by atoms with Gasteiger partial charge in [-0.3, -0.25) is 4.79 Å². The molecule has 0 atom stereocenters. The molecule has 5 aromatic rings. The minimum absolute atomic E-state index is 0.391. The number of rotatable bonds is 5. The van der Waals surface area contributed by atoms with E-state index in [9.17, 15) is 9.59 Å². The van der Waals surface area contributed by atoms with Crippen LogP contribution in [0.3, 0.4) is 0 Å². The number of nitrogens with one attached hydrogen (secondary N) is 1. The summed E-state index contributed by atoms with van der Waals surface area (Å²) in [7, 11) is 0. The lowest BCUT2D eigenvalue weighted by molar-refractivity contribution is -0.119. The Labute approximate surface area is 203 Å². The lowest BCUT2D eigenvalue weighted by atomic mass is 9.97. The van der Waals surface area contributed by atoms with Crippen LogP contribution in [0.1, 0.15) is 21.5 Å². The van der Waals surface area contributed by atoms with E-state index in [-0.39, 0.29) is 0 Å². The van der Waals surface area contributed by atoms with Crippen molar-refractivity contribution in [2.75, 3.05) is 11.9 Å². The monoisotopic (exact) mass is 460 g/mol. The van der Waals surface area contributed by atoms with Gasteiger partial charge in [0.1, 0.15) is 0 Å². The Kier molecular flexibility index (Phi) is 5.98. The van der Waals surface area contributed by atoms with Gasteiger partial charge >= 0.3 is 5.97 Å². The topological polar surface area (TPSA) is 68.3 Å². The molecule has 35 heavy (non-hydrogen) atoms. The lowest BCUT2D eigenvalue weighted by Gasteiger charge is -2.15. The zero-order valence-corrected chi connectivity index (χ0v) is 19.5. The van der Waals surface area contributed by atoms with Gasteiger partial charge in [-0.25, -0.2) is 9.78 Å². The summed E-state index contributed by atoms with van der Waals surface area (Å²) in [6, 6.07) is 29.0. The Bertz CT molecular complexity index is 1570. The molecule has 0 saturated heterocycles. The molecule has 0 fully saturated rings. The Morgan fingerprint density at radius 3 is 2.29 bits per heavy atom. The van der Waals surface area contributed by atoms with E-state index >= 15 is 0 Å². The van der Waals surface area contributed by atoms with Crippen molar-refractivity contribution in [2.45, 2.75) is 13.8 Å². The molecule has 0 aliphatic rings. The average Bonchev–Trinajstić information content (AvgIpc) is 2.88. The molecule has 0 spiro atoms. The number of ether oxygens (including phenoxy) is 1. The Balaban J connectivity index is 1.42. The van der Waals surface area contributed by atoms with Gasteiger partial charge in [0.15, 0.2) is 6.61 Å². The number of para-hydroxylation sites is 1. The Morgan fingerprint density at radius 1 is 0.800 bits per heavy atom. The first-order chi connectivity index (χ1) is 17.0. The van der Waals surface area contributed by atoms with Crippen LogP contribution >= 0.6 is 0 Å². The zero-order valence-electron chi connectivity index (χ0n) is 19.5. The SMILES string of the molecule is Cc1ccc(-c2nc3ccccc3c(C(=O)OCC(=O)Nc3cccc4ccccc34)c2C)cc1. The van der Waals surface area contributed by atoms with E-state index in [1.807, 2.05) is 105 Å². The first-order valence-electron chi connectivity index (χ1n) is 11.4. The molecule has 1 heterocycles.